The van der Waals surface area contributed by atoms with Crippen LogP contribution in [0.1, 0.15) is 18.5 Å². The van der Waals surface area contributed by atoms with Crippen molar-refractivity contribution in [2.75, 3.05) is 47.6 Å². The van der Waals surface area contributed by atoms with E-state index in [4.69, 9.17) is 9.47 Å². The molecule has 0 aliphatic rings. The van der Waals surface area contributed by atoms with Crippen molar-refractivity contribution in [2.24, 2.45) is 12.0 Å². The summed E-state index contributed by atoms with van der Waals surface area (Å²) in [7, 11) is 7.59. The Balaban J connectivity index is 0.00000529. The molecule has 1 N–H and O–H groups in total. The highest BCUT2D eigenvalue weighted by Crippen LogP contribution is 2.14. The van der Waals surface area contributed by atoms with Crippen molar-refractivity contribution in [3.05, 3.63) is 22.4 Å². The predicted octanol–water partition coefficient (Wildman–Crippen LogP) is 2.86. The van der Waals surface area contributed by atoms with Crippen molar-refractivity contribution in [2.45, 2.75) is 19.4 Å². The molecule has 0 fully saturated rings. The molecule has 0 saturated heterocycles. The first-order valence-electron chi connectivity index (χ1n) is 7.87. The highest BCUT2D eigenvalue weighted by Gasteiger charge is 2.09. The second kappa shape index (κ2) is 13.9. The minimum Gasteiger partial charge on any atom is -0.382 e. The van der Waals surface area contributed by atoms with Crippen molar-refractivity contribution in [3.63, 3.8) is 0 Å². The molecule has 0 unspecified atom stereocenters. The Morgan fingerprint density at radius 3 is 2.67 bits per heavy atom. The summed E-state index contributed by atoms with van der Waals surface area (Å²) in [6.45, 7) is 3.80. The van der Waals surface area contributed by atoms with Gasteiger partial charge in [-0.2, -0.15) is 0 Å². The number of aromatic nitrogens is 1. The number of aryl methyl sites for hydroxylation is 1. The van der Waals surface area contributed by atoms with E-state index in [2.05, 4.69) is 48.0 Å². The molecule has 0 spiro atoms. The number of unbranched alkanes of at least 4 members (excludes halogenated alkanes) is 1. The Morgan fingerprint density at radius 1 is 1.33 bits per heavy atom. The monoisotopic (exact) mass is 516 g/mol. The molecule has 6 nitrogen and oxygen atoms in total. The molecule has 1 aromatic rings. The summed E-state index contributed by atoms with van der Waals surface area (Å²) >= 11 is 3.50. The number of rotatable bonds is 10. The molecule has 0 aliphatic carbocycles. The Morgan fingerprint density at radius 2 is 2.08 bits per heavy atom. The van der Waals surface area contributed by atoms with Gasteiger partial charge >= 0.3 is 0 Å². The van der Waals surface area contributed by atoms with Crippen LogP contribution in [0.3, 0.4) is 0 Å². The predicted molar refractivity (Wildman–Crippen MR) is 113 cm³/mol. The van der Waals surface area contributed by atoms with Crippen LogP contribution in [0, 0.1) is 0 Å². The number of hydrogen-bond donors (Lipinski definition) is 1. The van der Waals surface area contributed by atoms with E-state index in [1.165, 1.54) is 5.69 Å². The van der Waals surface area contributed by atoms with E-state index in [0.29, 0.717) is 13.2 Å². The average molecular weight is 517 g/mol. The van der Waals surface area contributed by atoms with Gasteiger partial charge in [-0.05, 0) is 34.8 Å². The minimum atomic E-state index is 0. The van der Waals surface area contributed by atoms with E-state index in [-0.39, 0.29) is 24.0 Å². The lowest BCUT2D eigenvalue weighted by molar-refractivity contribution is 0.0689. The molecular weight excluding hydrogens is 487 g/mol. The van der Waals surface area contributed by atoms with Crippen molar-refractivity contribution in [3.8, 4) is 0 Å². The molecule has 1 heterocycles. The topological polar surface area (TPSA) is 51.0 Å². The van der Waals surface area contributed by atoms with Crippen LogP contribution in [-0.4, -0.2) is 63.0 Å². The van der Waals surface area contributed by atoms with Crippen LogP contribution in [0.15, 0.2) is 21.7 Å². The zero-order valence-corrected chi connectivity index (χ0v) is 19.0. The van der Waals surface area contributed by atoms with Crippen LogP contribution in [0.5, 0.6) is 0 Å². The number of methoxy groups -OCH3 is 1. The van der Waals surface area contributed by atoms with Gasteiger partial charge in [0, 0.05) is 57.8 Å². The van der Waals surface area contributed by atoms with Crippen LogP contribution in [0.4, 0.5) is 0 Å². The van der Waals surface area contributed by atoms with Gasteiger partial charge in [0.15, 0.2) is 5.96 Å². The summed E-state index contributed by atoms with van der Waals surface area (Å²) in [6, 6.07) is 2.13. The van der Waals surface area contributed by atoms with E-state index in [0.717, 1.165) is 43.0 Å². The van der Waals surface area contributed by atoms with Gasteiger partial charge in [-0.3, -0.25) is 4.99 Å². The lowest BCUT2D eigenvalue weighted by Gasteiger charge is -2.22. The van der Waals surface area contributed by atoms with Crippen molar-refractivity contribution < 1.29 is 9.47 Å². The number of guanidine groups is 1. The highest BCUT2D eigenvalue weighted by molar-refractivity contribution is 14.0. The smallest absolute Gasteiger partial charge is 0.193 e. The molecule has 0 radical (unpaired) electrons. The fourth-order valence-corrected chi connectivity index (χ4v) is 2.77. The molecule has 1 aromatic heterocycles. The molecule has 0 amide bonds. The molecular formula is C16H30BrIN4O2. The maximum atomic E-state index is 5.45. The Bertz CT molecular complexity index is 483. The van der Waals surface area contributed by atoms with Crippen molar-refractivity contribution >= 4 is 45.9 Å². The Labute approximate surface area is 171 Å². The molecule has 24 heavy (non-hydrogen) atoms. The third-order valence-electron chi connectivity index (χ3n) is 3.48. The molecule has 140 valence electrons. The number of hydrogen-bond acceptors (Lipinski definition) is 3. The summed E-state index contributed by atoms with van der Waals surface area (Å²) < 4.78 is 13.6. The molecule has 0 aromatic carbocycles. The lowest BCUT2D eigenvalue weighted by atomic mass is 10.3. The first kappa shape index (κ1) is 23.7. The number of halogens is 2. The fraction of sp³-hybridized carbons (Fsp3) is 0.688. The van der Waals surface area contributed by atoms with Gasteiger partial charge in [0.25, 0.3) is 0 Å². The van der Waals surface area contributed by atoms with Gasteiger partial charge < -0.3 is 24.3 Å². The van der Waals surface area contributed by atoms with Gasteiger partial charge in [-0.1, -0.05) is 0 Å². The molecule has 1 rings (SSSR count). The maximum Gasteiger partial charge on any atom is 0.193 e. The van der Waals surface area contributed by atoms with Crippen molar-refractivity contribution in [1.82, 2.24) is 14.8 Å². The highest BCUT2D eigenvalue weighted by atomic mass is 127. The minimum absolute atomic E-state index is 0. The lowest BCUT2D eigenvalue weighted by Crippen LogP contribution is -2.39. The van der Waals surface area contributed by atoms with Gasteiger partial charge in [0.05, 0.1) is 19.8 Å². The standard InChI is InChI=1S/C16H29BrN4O2.HI/c1-18-16(19-7-5-6-8-23-10-9-22-4)21(3)13-15-11-14(17)12-20(15)2;/h11-12H,5-10,13H2,1-4H3,(H,18,19);1H. The van der Waals surface area contributed by atoms with Gasteiger partial charge in [0.1, 0.15) is 0 Å². The molecule has 0 atom stereocenters. The number of ether oxygens (including phenoxy) is 2. The third kappa shape index (κ3) is 9.24. The summed E-state index contributed by atoms with van der Waals surface area (Å²) in [6.07, 6.45) is 4.14. The van der Waals surface area contributed by atoms with Crippen LogP contribution in [-0.2, 0) is 23.1 Å². The SMILES string of the molecule is CN=C(NCCCCOCCOC)N(C)Cc1cc(Br)cn1C.I. The summed E-state index contributed by atoms with van der Waals surface area (Å²) in [4.78, 5) is 6.46. The average Bonchev–Trinajstić information content (AvgIpc) is 2.83. The second-order valence-electron chi connectivity index (χ2n) is 5.40. The van der Waals surface area contributed by atoms with Gasteiger partial charge in [-0.15, -0.1) is 24.0 Å². The third-order valence-corrected chi connectivity index (χ3v) is 3.91. The molecule has 0 bridgehead atoms. The summed E-state index contributed by atoms with van der Waals surface area (Å²) in [5.74, 6) is 0.905. The largest absolute Gasteiger partial charge is 0.382 e. The Hall–Kier alpha value is -0.320. The zero-order chi connectivity index (χ0) is 17.1. The first-order chi connectivity index (χ1) is 11.1. The van der Waals surface area contributed by atoms with Gasteiger partial charge in [0.2, 0.25) is 0 Å². The van der Waals surface area contributed by atoms with Crippen LogP contribution >= 0.6 is 39.9 Å². The van der Waals surface area contributed by atoms with E-state index >= 15 is 0 Å². The van der Waals surface area contributed by atoms with Crippen LogP contribution < -0.4 is 5.32 Å². The van der Waals surface area contributed by atoms with E-state index < -0.39 is 0 Å². The maximum absolute atomic E-state index is 5.45. The quantitative estimate of drug-likeness (QED) is 0.225. The molecule has 0 aliphatic heterocycles. The van der Waals surface area contributed by atoms with E-state index in [1.807, 2.05) is 21.1 Å². The molecule has 0 saturated carbocycles. The fourth-order valence-electron chi connectivity index (χ4n) is 2.20. The van der Waals surface area contributed by atoms with Crippen LogP contribution in [0.2, 0.25) is 0 Å². The molecule has 8 heteroatoms. The van der Waals surface area contributed by atoms with E-state index in [1.54, 1.807) is 7.11 Å². The number of aliphatic imine (C=N–C) groups is 1. The Kier molecular flexibility index (Phi) is 13.7. The first-order valence-corrected chi connectivity index (χ1v) is 8.67. The second-order valence-corrected chi connectivity index (χ2v) is 6.32. The number of nitrogens with zero attached hydrogens (tertiary/aromatic N) is 3. The van der Waals surface area contributed by atoms with E-state index in [9.17, 15) is 0 Å². The number of nitrogens with one attached hydrogen (secondary N) is 1. The van der Waals surface area contributed by atoms with Crippen molar-refractivity contribution in [1.29, 1.82) is 0 Å². The summed E-state index contributed by atoms with van der Waals surface area (Å²) in [5, 5.41) is 3.39. The normalized spacial score (nSPS) is 11.3. The van der Waals surface area contributed by atoms with Crippen LogP contribution in [0.25, 0.3) is 0 Å². The summed E-state index contributed by atoms with van der Waals surface area (Å²) in [5.41, 5.74) is 1.23. The van der Waals surface area contributed by atoms with Gasteiger partial charge in [-0.25, -0.2) is 0 Å². The zero-order valence-electron chi connectivity index (χ0n) is 15.0.